The highest BCUT2D eigenvalue weighted by atomic mass is 32.1. The van der Waals surface area contributed by atoms with Crippen molar-refractivity contribution in [2.45, 2.75) is 38.7 Å². The van der Waals surface area contributed by atoms with E-state index in [-0.39, 0.29) is 18.8 Å². The average Bonchev–Trinajstić information content (AvgIpc) is 3.28. The van der Waals surface area contributed by atoms with Gasteiger partial charge < -0.3 is 5.11 Å². The minimum absolute atomic E-state index is 0.252. The third-order valence-corrected chi connectivity index (χ3v) is 6.15. The first-order valence-electron chi connectivity index (χ1n) is 9.64. The van der Waals surface area contributed by atoms with Gasteiger partial charge in [-0.05, 0) is 24.3 Å². The molecule has 1 atom stereocenters. The Morgan fingerprint density at radius 3 is 2.69 bits per heavy atom. The molecule has 152 valence electrons. The maximum absolute atomic E-state index is 13.1. The summed E-state index contributed by atoms with van der Waals surface area (Å²) < 4.78 is 27.9. The zero-order chi connectivity index (χ0) is 20.8. The van der Waals surface area contributed by atoms with Crippen molar-refractivity contribution in [3.05, 3.63) is 41.5 Å². The van der Waals surface area contributed by atoms with E-state index in [4.69, 9.17) is 0 Å². The minimum Gasteiger partial charge on any atom is -0.387 e. The molecule has 1 saturated carbocycles. The van der Waals surface area contributed by atoms with E-state index in [0.29, 0.717) is 10.5 Å². The molecule has 0 aliphatic heterocycles. The highest BCUT2D eigenvalue weighted by Gasteiger charge is 2.48. The fraction of sp³-hybridized carbons (Fsp3) is 0.381. The highest BCUT2D eigenvalue weighted by molar-refractivity contribution is 7.18. The molecule has 5 nitrogen and oxygen atoms in total. The van der Waals surface area contributed by atoms with Crippen LogP contribution in [0.5, 0.6) is 0 Å². The first-order chi connectivity index (χ1) is 13.9. The maximum Gasteiger partial charge on any atom is 0.248 e. The first kappa shape index (κ1) is 19.8. The van der Waals surface area contributed by atoms with Gasteiger partial charge in [0, 0.05) is 59.4 Å². The molecule has 0 spiro atoms. The molecule has 5 rings (SSSR count). The number of aliphatic hydroxyl groups is 1. The van der Waals surface area contributed by atoms with E-state index in [9.17, 15) is 13.9 Å². The number of aromatic nitrogens is 4. The van der Waals surface area contributed by atoms with Gasteiger partial charge in [-0.2, -0.15) is 5.10 Å². The molecule has 1 fully saturated rings. The molecule has 0 saturated heterocycles. The lowest BCUT2D eigenvalue weighted by atomic mass is 9.77. The summed E-state index contributed by atoms with van der Waals surface area (Å²) in [6, 6.07) is 7.68. The highest BCUT2D eigenvalue weighted by Crippen LogP contribution is 2.49. The number of nitrogens with zero attached hydrogens (tertiary/aromatic N) is 4. The van der Waals surface area contributed by atoms with Gasteiger partial charge in [-0.3, -0.25) is 4.68 Å². The average molecular weight is 416 g/mol. The number of aryl methyl sites for hydroxylation is 1. The smallest absolute Gasteiger partial charge is 0.248 e. The molecule has 1 aliphatic carbocycles. The SMILES string of the molecule is CC.Cn1cc2cc(-c3ccc4cc(C(O)C5CC(F)(F)C5)sc4n3)cnc2n1. The molecule has 0 amide bonds. The fourth-order valence-electron chi connectivity index (χ4n) is 3.58. The molecule has 4 aromatic rings. The van der Waals surface area contributed by atoms with Crippen LogP contribution in [-0.4, -0.2) is 30.8 Å². The van der Waals surface area contributed by atoms with Crippen molar-refractivity contribution in [2.24, 2.45) is 13.0 Å². The quantitative estimate of drug-likeness (QED) is 0.489. The number of pyridine rings is 2. The summed E-state index contributed by atoms with van der Waals surface area (Å²) >= 11 is 1.36. The number of hydrogen-bond donors (Lipinski definition) is 1. The molecular formula is C21H22F2N4OS. The van der Waals surface area contributed by atoms with Crippen molar-refractivity contribution in [1.29, 1.82) is 0 Å². The lowest BCUT2D eigenvalue weighted by Crippen LogP contribution is -2.38. The van der Waals surface area contributed by atoms with Crippen molar-refractivity contribution in [3.63, 3.8) is 0 Å². The molecule has 1 N–H and O–H groups in total. The van der Waals surface area contributed by atoms with Crippen LogP contribution >= 0.6 is 11.3 Å². The van der Waals surface area contributed by atoms with Crippen LogP contribution in [0.2, 0.25) is 0 Å². The predicted molar refractivity (Wildman–Crippen MR) is 111 cm³/mol. The van der Waals surface area contributed by atoms with Gasteiger partial charge in [-0.15, -0.1) is 11.3 Å². The summed E-state index contributed by atoms with van der Waals surface area (Å²) in [7, 11) is 1.85. The van der Waals surface area contributed by atoms with E-state index in [2.05, 4.69) is 15.1 Å². The molecule has 8 heteroatoms. The van der Waals surface area contributed by atoms with Crippen molar-refractivity contribution >= 4 is 32.6 Å². The van der Waals surface area contributed by atoms with Crippen molar-refractivity contribution in [1.82, 2.24) is 19.7 Å². The molecule has 0 radical (unpaired) electrons. The Kier molecular flexibility index (Phi) is 5.08. The van der Waals surface area contributed by atoms with Crippen molar-refractivity contribution in [3.8, 4) is 11.3 Å². The number of halogens is 2. The molecule has 1 unspecified atom stereocenters. The van der Waals surface area contributed by atoms with E-state index in [1.165, 1.54) is 11.3 Å². The number of aliphatic hydroxyl groups excluding tert-OH is 1. The van der Waals surface area contributed by atoms with Gasteiger partial charge in [0.2, 0.25) is 5.92 Å². The molecule has 4 heterocycles. The van der Waals surface area contributed by atoms with Crippen LogP contribution in [0.3, 0.4) is 0 Å². The predicted octanol–water partition coefficient (Wildman–Crippen LogP) is 5.35. The van der Waals surface area contributed by atoms with Crippen molar-refractivity contribution in [2.75, 3.05) is 0 Å². The van der Waals surface area contributed by atoms with Gasteiger partial charge in [0.1, 0.15) is 4.83 Å². The Morgan fingerprint density at radius 2 is 1.97 bits per heavy atom. The van der Waals surface area contributed by atoms with Gasteiger partial charge in [0.05, 0.1) is 11.8 Å². The van der Waals surface area contributed by atoms with Crippen LogP contribution in [0.1, 0.15) is 37.7 Å². The lowest BCUT2D eigenvalue weighted by Gasteiger charge is -2.37. The van der Waals surface area contributed by atoms with Crippen LogP contribution < -0.4 is 0 Å². The summed E-state index contributed by atoms with van der Waals surface area (Å²) in [5, 5.41) is 16.5. The monoisotopic (exact) mass is 416 g/mol. The summed E-state index contributed by atoms with van der Waals surface area (Å²) in [4.78, 5) is 10.5. The normalized spacial score (nSPS) is 17.0. The molecular weight excluding hydrogens is 394 g/mol. The Bertz CT molecular complexity index is 1160. The molecule has 0 aromatic carbocycles. The van der Waals surface area contributed by atoms with Gasteiger partial charge in [-0.25, -0.2) is 18.7 Å². The molecule has 0 bridgehead atoms. The summed E-state index contributed by atoms with van der Waals surface area (Å²) in [6.45, 7) is 4.00. The summed E-state index contributed by atoms with van der Waals surface area (Å²) in [6.07, 6.45) is 2.28. The number of thiophene rings is 1. The third kappa shape index (κ3) is 3.74. The van der Waals surface area contributed by atoms with Crippen LogP contribution in [-0.2, 0) is 7.05 Å². The second-order valence-corrected chi connectivity index (χ2v) is 8.21. The first-order valence-corrected chi connectivity index (χ1v) is 10.5. The van der Waals surface area contributed by atoms with Crippen LogP contribution in [0, 0.1) is 5.92 Å². The second kappa shape index (κ2) is 7.42. The van der Waals surface area contributed by atoms with Crippen LogP contribution in [0.15, 0.2) is 36.7 Å². The van der Waals surface area contributed by atoms with Crippen molar-refractivity contribution < 1.29 is 13.9 Å². The van der Waals surface area contributed by atoms with Gasteiger partial charge in [-0.1, -0.05) is 13.8 Å². The molecule has 1 aliphatic rings. The maximum atomic E-state index is 13.1. The number of hydrogen-bond acceptors (Lipinski definition) is 5. The van der Waals surface area contributed by atoms with Gasteiger partial charge in [0.25, 0.3) is 0 Å². The van der Waals surface area contributed by atoms with Gasteiger partial charge >= 0.3 is 0 Å². The largest absolute Gasteiger partial charge is 0.387 e. The topological polar surface area (TPSA) is 63.8 Å². The van der Waals surface area contributed by atoms with E-state index < -0.39 is 12.0 Å². The summed E-state index contributed by atoms with van der Waals surface area (Å²) in [5.41, 5.74) is 2.34. The Balaban J connectivity index is 0.000000994. The van der Waals surface area contributed by atoms with Crippen LogP contribution in [0.25, 0.3) is 32.5 Å². The Hall–Kier alpha value is -2.45. The van der Waals surface area contributed by atoms with E-state index in [0.717, 1.165) is 26.9 Å². The lowest BCUT2D eigenvalue weighted by molar-refractivity contribution is -0.141. The zero-order valence-corrected chi connectivity index (χ0v) is 17.2. The minimum atomic E-state index is -2.63. The molecule has 4 aromatic heterocycles. The number of fused-ring (bicyclic) bond motifs is 2. The van der Waals surface area contributed by atoms with E-state index in [1.54, 1.807) is 10.9 Å². The number of alkyl halides is 2. The standard InChI is InChI=1S/C19H16F2N4OS.C2H6/c1-25-9-12-4-11(8-22-17(12)24-25)14-3-2-10-5-15(27-18(10)23-14)16(26)13-6-19(20,21)7-13;1-2/h2-5,8-9,13,16,26H,6-7H2,1H3;1-2H3. The van der Waals surface area contributed by atoms with Gasteiger partial charge in [0.15, 0.2) is 5.65 Å². The van der Waals surface area contributed by atoms with Crippen LogP contribution in [0.4, 0.5) is 8.78 Å². The zero-order valence-electron chi connectivity index (χ0n) is 16.4. The van der Waals surface area contributed by atoms with E-state index in [1.807, 2.05) is 51.4 Å². The second-order valence-electron chi connectivity index (χ2n) is 7.15. The molecule has 29 heavy (non-hydrogen) atoms. The Morgan fingerprint density at radius 1 is 1.21 bits per heavy atom. The fourth-order valence-corrected chi connectivity index (χ4v) is 4.69. The Labute approximate surface area is 171 Å². The summed E-state index contributed by atoms with van der Waals surface area (Å²) in [5.74, 6) is -3.02. The third-order valence-electron chi connectivity index (χ3n) is 5.03. The number of rotatable bonds is 3. The van der Waals surface area contributed by atoms with E-state index >= 15 is 0 Å².